The highest BCUT2D eigenvalue weighted by Crippen LogP contribution is 2.32. The van der Waals surface area contributed by atoms with Gasteiger partial charge in [-0.2, -0.15) is 0 Å². The Morgan fingerprint density at radius 1 is 0.556 bits per heavy atom. The Balaban J connectivity index is 2.93. The van der Waals surface area contributed by atoms with Crippen LogP contribution in [0.5, 0.6) is 5.75 Å². The van der Waals surface area contributed by atoms with Crippen molar-refractivity contribution in [2.75, 3.05) is 0 Å². The molecule has 0 aliphatic heterocycles. The van der Waals surface area contributed by atoms with Gasteiger partial charge in [0.05, 0.1) is 0 Å². The number of hydrogen-bond donors (Lipinski definition) is 1. The van der Waals surface area contributed by atoms with Crippen LogP contribution in [0.1, 0.15) is 127 Å². The zero-order valence-electron chi connectivity index (χ0n) is 18.8. The number of aryl methyl sites for hydroxylation is 1. The van der Waals surface area contributed by atoms with Crippen LogP contribution in [0, 0.1) is 0 Å². The third-order valence-corrected chi connectivity index (χ3v) is 5.95. The number of benzene rings is 1. The lowest BCUT2D eigenvalue weighted by Gasteiger charge is -2.20. The maximum absolute atomic E-state index is 10.7. The predicted octanol–water partition coefficient (Wildman–Crippen LogP) is 8.32. The first-order valence-electron chi connectivity index (χ1n) is 12.0. The zero-order chi connectivity index (χ0) is 19.9. The largest absolute Gasteiger partial charge is 0.508 e. The van der Waals surface area contributed by atoms with E-state index in [1.807, 2.05) is 0 Å². The average Bonchev–Trinajstić information content (AvgIpc) is 2.67. The molecule has 1 rings (SSSR count). The normalized spacial score (nSPS) is 11.3. The van der Waals surface area contributed by atoms with Crippen molar-refractivity contribution < 1.29 is 5.11 Å². The van der Waals surface area contributed by atoms with Gasteiger partial charge in [0, 0.05) is 0 Å². The Morgan fingerprint density at radius 2 is 1.07 bits per heavy atom. The fourth-order valence-corrected chi connectivity index (χ4v) is 4.29. The Hall–Kier alpha value is -0.980. The standard InChI is InChI=1S/C26H46O/c1-5-9-12-14-16-18-22-21-26(27)25(19-11-7-3)23(8-4)24(22)20-17-15-13-10-6-2/h21,27H,5-20H2,1-4H3. The molecule has 1 N–H and O–H groups in total. The van der Waals surface area contributed by atoms with E-state index >= 15 is 0 Å². The molecule has 1 aromatic carbocycles. The number of phenolic OH excluding ortho intramolecular Hbond substituents is 1. The second-order valence-electron chi connectivity index (χ2n) is 8.28. The van der Waals surface area contributed by atoms with Gasteiger partial charge in [0.25, 0.3) is 0 Å². The fraction of sp³-hybridized carbons (Fsp3) is 0.769. The summed E-state index contributed by atoms with van der Waals surface area (Å²) in [5, 5.41) is 10.7. The first kappa shape index (κ1) is 24.1. The van der Waals surface area contributed by atoms with Crippen molar-refractivity contribution in [3.8, 4) is 5.75 Å². The highest BCUT2D eigenvalue weighted by atomic mass is 16.3. The van der Waals surface area contributed by atoms with Gasteiger partial charge in [-0.05, 0) is 73.3 Å². The molecule has 0 heterocycles. The van der Waals surface area contributed by atoms with Crippen molar-refractivity contribution >= 4 is 0 Å². The van der Waals surface area contributed by atoms with Crippen molar-refractivity contribution in [1.29, 1.82) is 0 Å². The second-order valence-corrected chi connectivity index (χ2v) is 8.28. The quantitative estimate of drug-likeness (QED) is 0.288. The summed E-state index contributed by atoms with van der Waals surface area (Å²) in [4.78, 5) is 0. The van der Waals surface area contributed by atoms with E-state index in [4.69, 9.17) is 0 Å². The number of phenols is 1. The van der Waals surface area contributed by atoms with Gasteiger partial charge < -0.3 is 5.11 Å². The molecule has 27 heavy (non-hydrogen) atoms. The number of hydrogen-bond acceptors (Lipinski definition) is 1. The number of rotatable bonds is 16. The van der Waals surface area contributed by atoms with Gasteiger partial charge >= 0.3 is 0 Å². The highest BCUT2D eigenvalue weighted by molar-refractivity contribution is 5.49. The van der Waals surface area contributed by atoms with Crippen molar-refractivity contribution in [3.63, 3.8) is 0 Å². The third kappa shape index (κ3) is 8.71. The van der Waals surface area contributed by atoms with E-state index in [0.717, 1.165) is 19.3 Å². The molecule has 0 aliphatic carbocycles. The van der Waals surface area contributed by atoms with Gasteiger partial charge in [-0.3, -0.25) is 0 Å². The van der Waals surface area contributed by atoms with Crippen LogP contribution >= 0.6 is 0 Å². The van der Waals surface area contributed by atoms with E-state index in [9.17, 15) is 5.11 Å². The summed E-state index contributed by atoms with van der Waals surface area (Å²) in [5.74, 6) is 0.568. The first-order chi connectivity index (χ1) is 13.2. The van der Waals surface area contributed by atoms with E-state index in [2.05, 4.69) is 33.8 Å². The molecular weight excluding hydrogens is 328 g/mol. The number of aromatic hydroxyl groups is 1. The molecule has 0 radical (unpaired) electrons. The van der Waals surface area contributed by atoms with Crippen LogP contribution in [0.15, 0.2) is 6.07 Å². The van der Waals surface area contributed by atoms with Gasteiger partial charge in [-0.15, -0.1) is 0 Å². The molecular formula is C26H46O. The van der Waals surface area contributed by atoms with Crippen LogP contribution in [0.3, 0.4) is 0 Å². The smallest absolute Gasteiger partial charge is 0.119 e. The maximum atomic E-state index is 10.7. The molecule has 0 saturated heterocycles. The SMILES string of the molecule is CCCCCCCc1cc(O)c(CCCC)c(CC)c1CCCCCCC. The van der Waals surface area contributed by atoms with Crippen LogP contribution in [0.2, 0.25) is 0 Å². The molecule has 1 aromatic rings. The monoisotopic (exact) mass is 374 g/mol. The minimum absolute atomic E-state index is 0.568. The summed E-state index contributed by atoms with van der Waals surface area (Å²) in [6.45, 7) is 9.07. The summed E-state index contributed by atoms with van der Waals surface area (Å²) in [6.07, 6.45) is 20.1. The molecule has 156 valence electrons. The lowest BCUT2D eigenvalue weighted by molar-refractivity contribution is 0.463. The van der Waals surface area contributed by atoms with Gasteiger partial charge in [0.2, 0.25) is 0 Å². The summed E-state index contributed by atoms with van der Waals surface area (Å²) in [5.41, 5.74) is 5.75. The zero-order valence-corrected chi connectivity index (χ0v) is 18.8. The lowest BCUT2D eigenvalue weighted by atomic mass is 9.86. The van der Waals surface area contributed by atoms with Crippen LogP contribution in [0.25, 0.3) is 0 Å². The summed E-state index contributed by atoms with van der Waals surface area (Å²) in [6, 6.07) is 2.13. The molecule has 0 saturated carbocycles. The summed E-state index contributed by atoms with van der Waals surface area (Å²) in [7, 11) is 0. The molecule has 0 amide bonds. The van der Waals surface area contributed by atoms with Crippen LogP contribution in [-0.4, -0.2) is 5.11 Å². The molecule has 0 aromatic heterocycles. The van der Waals surface area contributed by atoms with Crippen LogP contribution < -0.4 is 0 Å². The van der Waals surface area contributed by atoms with Gasteiger partial charge in [-0.25, -0.2) is 0 Å². The highest BCUT2D eigenvalue weighted by Gasteiger charge is 2.16. The van der Waals surface area contributed by atoms with Gasteiger partial charge in [-0.1, -0.05) is 85.5 Å². The molecule has 0 unspecified atom stereocenters. The topological polar surface area (TPSA) is 20.2 Å². The summed E-state index contributed by atoms with van der Waals surface area (Å²) < 4.78 is 0. The molecule has 0 bridgehead atoms. The molecule has 0 fully saturated rings. The molecule has 0 aliphatic rings. The minimum atomic E-state index is 0.568. The Bertz CT molecular complexity index is 503. The Labute approximate surface area is 170 Å². The fourth-order valence-electron chi connectivity index (χ4n) is 4.29. The molecule has 0 atom stereocenters. The minimum Gasteiger partial charge on any atom is -0.508 e. The van der Waals surface area contributed by atoms with Crippen molar-refractivity contribution in [3.05, 3.63) is 28.3 Å². The molecule has 0 spiro atoms. The molecule has 1 nitrogen and oxygen atoms in total. The van der Waals surface area contributed by atoms with E-state index < -0.39 is 0 Å². The van der Waals surface area contributed by atoms with E-state index in [1.165, 1.54) is 100 Å². The second kappa shape index (κ2) is 15.0. The predicted molar refractivity (Wildman–Crippen MR) is 121 cm³/mol. The van der Waals surface area contributed by atoms with Crippen LogP contribution in [0.4, 0.5) is 0 Å². The van der Waals surface area contributed by atoms with E-state index in [0.29, 0.717) is 5.75 Å². The van der Waals surface area contributed by atoms with E-state index in [1.54, 1.807) is 5.56 Å². The lowest BCUT2D eigenvalue weighted by Crippen LogP contribution is -2.06. The Kier molecular flexibility index (Phi) is 13.4. The van der Waals surface area contributed by atoms with Crippen molar-refractivity contribution in [2.45, 2.75) is 130 Å². The van der Waals surface area contributed by atoms with Crippen molar-refractivity contribution in [2.24, 2.45) is 0 Å². The summed E-state index contributed by atoms with van der Waals surface area (Å²) >= 11 is 0. The van der Waals surface area contributed by atoms with Gasteiger partial charge in [0.1, 0.15) is 5.75 Å². The van der Waals surface area contributed by atoms with E-state index in [-0.39, 0.29) is 0 Å². The third-order valence-electron chi connectivity index (χ3n) is 5.95. The maximum Gasteiger partial charge on any atom is 0.119 e. The van der Waals surface area contributed by atoms with Crippen molar-refractivity contribution in [1.82, 2.24) is 0 Å². The average molecular weight is 375 g/mol. The number of unbranched alkanes of at least 4 members (excludes halogenated alkanes) is 9. The van der Waals surface area contributed by atoms with Crippen LogP contribution in [-0.2, 0) is 25.7 Å². The first-order valence-corrected chi connectivity index (χ1v) is 12.0. The molecule has 1 heteroatoms. The Morgan fingerprint density at radius 3 is 1.63 bits per heavy atom. The van der Waals surface area contributed by atoms with Gasteiger partial charge in [0.15, 0.2) is 0 Å².